The molecule has 5 rings (SSSR count). The molecule has 0 bridgehead atoms. The molecule has 0 atom stereocenters. The number of aliphatic imine (C=N–C) groups is 1. The Morgan fingerprint density at radius 1 is 0.973 bits per heavy atom. The van der Waals surface area contributed by atoms with Crippen molar-refractivity contribution in [3.63, 3.8) is 0 Å². The van der Waals surface area contributed by atoms with Crippen molar-refractivity contribution in [2.75, 3.05) is 24.5 Å². The van der Waals surface area contributed by atoms with Gasteiger partial charge in [-0.25, -0.2) is 4.99 Å². The number of aromatic nitrogens is 1. The first kappa shape index (κ1) is 25.4. The Morgan fingerprint density at radius 2 is 1.70 bits per heavy atom. The highest BCUT2D eigenvalue weighted by molar-refractivity contribution is 8.18. The molecule has 0 spiro atoms. The number of amidine groups is 1. The van der Waals surface area contributed by atoms with E-state index in [1.54, 1.807) is 4.90 Å². The van der Waals surface area contributed by atoms with Gasteiger partial charge in [-0.3, -0.25) is 9.69 Å². The minimum Gasteiger partial charge on any atom is -0.372 e. The SMILES string of the molecule is CCN1C(=O)/C(=C/c2cc(C)n(-c3cccc(C)c3C)c2C)SC1=Nc1ccc(N2CCCCC2)cc1. The summed E-state index contributed by atoms with van der Waals surface area (Å²) in [7, 11) is 0. The van der Waals surface area contributed by atoms with Crippen LogP contribution in [0.4, 0.5) is 11.4 Å². The second kappa shape index (κ2) is 10.6. The maximum atomic E-state index is 13.3. The third kappa shape index (κ3) is 4.99. The van der Waals surface area contributed by atoms with E-state index < -0.39 is 0 Å². The highest BCUT2D eigenvalue weighted by Crippen LogP contribution is 2.36. The number of thioether (sulfide) groups is 1. The number of amides is 1. The number of carbonyl (C=O) groups is 1. The standard InChI is InChI=1S/C31H36N4OS/c1-6-34-30(36)29(20-25-19-22(3)35(24(25)5)28-12-10-11-21(2)23(28)4)37-31(34)32-26-13-15-27(16-14-26)33-17-8-7-9-18-33/h10-16,19-20H,6-9,17-18H2,1-5H3/b29-20-,32-31?. The Hall–Kier alpha value is -3.25. The van der Waals surface area contributed by atoms with Gasteiger partial charge in [0.05, 0.1) is 10.6 Å². The summed E-state index contributed by atoms with van der Waals surface area (Å²) in [6.07, 6.45) is 5.87. The molecule has 1 amide bonds. The first-order chi connectivity index (χ1) is 17.9. The van der Waals surface area contributed by atoms with Gasteiger partial charge in [0, 0.05) is 42.4 Å². The molecule has 3 heterocycles. The van der Waals surface area contributed by atoms with Crippen molar-refractivity contribution in [2.24, 2.45) is 4.99 Å². The summed E-state index contributed by atoms with van der Waals surface area (Å²) in [6.45, 7) is 13.4. The van der Waals surface area contributed by atoms with Crippen LogP contribution in [0.25, 0.3) is 11.8 Å². The van der Waals surface area contributed by atoms with E-state index in [4.69, 9.17) is 4.99 Å². The van der Waals surface area contributed by atoms with Gasteiger partial charge in [-0.05, 0) is 125 Å². The number of likely N-dealkylation sites (N-methyl/N-ethyl adjacent to an activating group) is 1. The van der Waals surface area contributed by atoms with E-state index in [2.05, 4.69) is 85.7 Å². The molecule has 0 radical (unpaired) electrons. The van der Waals surface area contributed by atoms with Gasteiger partial charge < -0.3 is 9.47 Å². The molecule has 2 aliphatic heterocycles. The molecular formula is C31H36N4OS. The molecule has 192 valence electrons. The van der Waals surface area contributed by atoms with Crippen LogP contribution in [0.2, 0.25) is 0 Å². The molecule has 0 aliphatic carbocycles. The Morgan fingerprint density at radius 3 is 2.41 bits per heavy atom. The summed E-state index contributed by atoms with van der Waals surface area (Å²) < 4.78 is 2.29. The van der Waals surface area contributed by atoms with E-state index in [0.29, 0.717) is 11.4 Å². The number of benzene rings is 2. The summed E-state index contributed by atoms with van der Waals surface area (Å²) in [4.78, 5) is 23.1. The number of rotatable bonds is 5. The van der Waals surface area contributed by atoms with Crippen LogP contribution >= 0.6 is 11.8 Å². The molecule has 5 nitrogen and oxygen atoms in total. The quantitative estimate of drug-likeness (QED) is 0.336. The molecule has 6 heteroatoms. The van der Waals surface area contributed by atoms with Crippen LogP contribution in [0.3, 0.4) is 0 Å². The monoisotopic (exact) mass is 512 g/mol. The minimum atomic E-state index is 0.0210. The summed E-state index contributed by atoms with van der Waals surface area (Å²) in [5.41, 5.74) is 9.22. The van der Waals surface area contributed by atoms with Gasteiger partial charge in [-0.2, -0.15) is 0 Å². The molecule has 2 fully saturated rings. The average Bonchev–Trinajstić information content (AvgIpc) is 3.35. The van der Waals surface area contributed by atoms with Crippen LogP contribution in [0.1, 0.15) is 54.3 Å². The smallest absolute Gasteiger partial charge is 0.266 e. The average molecular weight is 513 g/mol. The lowest BCUT2D eigenvalue weighted by Crippen LogP contribution is -2.29. The largest absolute Gasteiger partial charge is 0.372 e. The van der Waals surface area contributed by atoms with Crippen molar-refractivity contribution in [1.29, 1.82) is 0 Å². The van der Waals surface area contributed by atoms with Crippen LogP contribution in [0.5, 0.6) is 0 Å². The van der Waals surface area contributed by atoms with Crippen molar-refractivity contribution in [1.82, 2.24) is 9.47 Å². The lowest BCUT2D eigenvalue weighted by Gasteiger charge is -2.28. The van der Waals surface area contributed by atoms with Crippen LogP contribution < -0.4 is 4.90 Å². The Kier molecular flexibility index (Phi) is 7.29. The molecule has 0 unspecified atom stereocenters. The zero-order valence-electron chi connectivity index (χ0n) is 22.5. The Labute approximate surface area is 224 Å². The maximum absolute atomic E-state index is 13.3. The lowest BCUT2D eigenvalue weighted by atomic mass is 10.1. The first-order valence-electron chi connectivity index (χ1n) is 13.3. The normalized spacial score (nSPS) is 18.5. The van der Waals surface area contributed by atoms with Crippen molar-refractivity contribution >= 4 is 40.3 Å². The molecule has 2 saturated heterocycles. The number of piperidine rings is 1. The highest BCUT2D eigenvalue weighted by atomic mass is 32.2. The van der Waals surface area contributed by atoms with Gasteiger partial charge in [0.25, 0.3) is 5.91 Å². The fourth-order valence-corrected chi connectivity index (χ4v) is 6.35. The second-order valence-corrected chi connectivity index (χ2v) is 11.0. The molecule has 1 aromatic heterocycles. The minimum absolute atomic E-state index is 0.0210. The van der Waals surface area contributed by atoms with Crippen molar-refractivity contribution < 1.29 is 4.79 Å². The molecule has 37 heavy (non-hydrogen) atoms. The highest BCUT2D eigenvalue weighted by Gasteiger charge is 2.32. The lowest BCUT2D eigenvalue weighted by molar-refractivity contribution is -0.122. The number of hydrogen-bond acceptors (Lipinski definition) is 4. The number of nitrogens with zero attached hydrogens (tertiary/aromatic N) is 4. The van der Waals surface area contributed by atoms with Crippen molar-refractivity contribution in [3.8, 4) is 5.69 Å². The van der Waals surface area contributed by atoms with Crippen molar-refractivity contribution in [3.05, 3.63) is 81.5 Å². The van der Waals surface area contributed by atoms with E-state index >= 15 is 0 Å². The summed E-state index contributed by atoms with van der Waals surface area (Å²) in [6, 6.07) is 17.0. The second-order valence-electron chi connectivity index (χ2n) is 10.00. The summed E-state index contributed by atoms with van der Waals surface area (Å²) in [5.74, 6) is 0.0210. The first-order valence-corrected chi connectivity index (χ1v) is 14.1. The predicted molar refractivity (Wildman–Crippen MR) is 157 cm³/mol. The number of carbonyl (C=O) groups excluding carboxylic acids is 1. The topological polar surface area (TPSA) is 40.8 Å². The summed E-state index contributed by atoms with van der Waals surface area (Å²) >= 11 is 1.47. The van der Waals surface area contributed by atoms with E-state index in [1.807, 2.05) is 13.0 Å². The maximum Gasteiger partial charge on any atom is 0.266 e. The van der Waals surface area contributed by atoms with Gasteiger partial charge in [0.15, 0.2) is 5.17 Å². The van der Waals surface area contributed by atoms with Gasteiger partial charge in [-0.1, -0.05) is 12.1 Å². The van der Waals surface area contributed by atoms with Gasteiger partial charge in [0.1, 0.15) is 0 Å². The third-order valence-corrected chi connectivity index (χ3v) is 8.58. The molecule has 2 aliphatic rings. The van der Waals surface area contributed by atoms with Crippen molar-refractivity contribution in [2.45, 2.75) is 53.9 Å². The molecular weight excluding hydrogens is 476 g/mol. The van der Waals surface area contributed by atoms with Crippen LogP contribution in [-0.2, 0) is 4.79 Å². The van der Waals surface area contributed by atoms with E-state index in [0.717, 1.165) is 40.9 Å². The van der Waals surface area contributed by atoms with Crippen LogP contribution in [0.15, 0.2) is 58.4 Å². The third-order valence-electron chi connectivity index (χ3n) is 7.57. The van der Waals surface area contributed by atoms with E-state index in [1.165, 1.54) is 53.5 Å². The Balaban J connectivity index is 1.42. The fraction of sp³-hybridized carbons (Fsp3) is 0.355. The predicted octanol–water partition coefficient (Wildman–Crippen LogP) is 7.33. The van der Waals surface area contributed by atoms with Gasteiger partial charge in [0.2, 0.25) is 0 Å². The number of hydrogen-bond donors (Lipinski definition) is 0. The number of anilines is 1. The van der Waals surface area contributed by atoms with Crippen LogP contribution in [-0.4, -0.2) is 40.2 Å². The number of aryl methyl sites for hydroxylation is 2. The fourth-order valence-electron chi connectivity index (χ4n) is 5.29. The zero-order chi connectivity index (χ0) is 26.1. The van der Waals surface area contributed by atoms with Gasteiger partial charge in [-0.15, -0.1) is 0 Å². The Bertz CT molecular complexity index is 1380. The molecule has 0 saturated carbocycles. The molecule has 2 aromatic carbocycles. The summed E-state index contributed by atoms with van der Waals surface area (Å²) in [5, 5.41) is 0.743. The van der Waals surface area contributed by atoms with Gasteiger partial charge >= 0.3 is 0 Å². The van der Waals surface area contributed by atoms with E-state index in [9.17, 15) is 4.79 Å². The molecule has 0 N–H and O–H groups in total. The zero-order valence-corrected chi connectivity index (χ0v) is 23.4. The van der Waals surface area contributed by atoms with Crippen LogP contribution in [0, 0.1) is 27.7 Å². The van der Waals surface area contributed by atoms with E-state index in [-0.39, 0.29) is 5.91 Å². The molecule has 3 aromatic rings.